The fourth-order valence-electron chi connectivity index (χ4n) is 1.19. The number of hydrogen-bond acceptors (Lipinski definition) is 1. The SMILES string of the molecule is C=Cc1cccc(C)c1NC=NC. The Hall–Kier alpha value is -1.57. The molecule has 0 spiro atoms. The fraction of sp³-hybridized carbons (Fsp3) is 0.182. The molecule has 0 aromatic heterocycles. The van der Waals surface area contributed by atoms with Crippen LogP contribution < -0.4 is 5.32 Å². The number of aliphatic imine (C=N–C) groups is 1. The predicted molar refractivity (Wildman–Crippen MR) is 59.3 cm³/mol. The summed E-state index contributed by atoms with van der Waals surface area (Å²) in [5.41, 5.74) is 3.36. The lowest BCUT2D eigenvalue weighted by Crippen LogP contribution is -1.98. The average molecular weight is 174 g/mol. The van der Waals surface area contributed by atoms with Crippen LogP contribution in [-0.2, 0) is 0 Å². The molecule has 0 fully saturated rings. The molecule has 0 bridgehead atoms. The number of rotatable bonds is 3. The Kier molecular flexibility index (Phi) is 3.26. The van der Waals surface area contributed by atoms with Crippen molar-refractivity contribution in [1.29, 1.82) is 0 Å². The smallest absolute Gasteiger partial charge is 0.0864 e. The lowest BCUT2D eigenvalue weighted by Gasteiger charge is -2.08. The minimum absolute atomic E-state index is 1.07. The molecular weight excluding hydrogens is 160 g/mol. The van der Waals surface area contributed by atoms with Gasteiger partial charge in [-0.2, -0.15) is 0 Å². The molecule has 1 aromatic rings. The molecule has 0 unspecified atom stereocenters. The van der Waals surface area contributed by atoms with Gasteiger partial charge in [0.15, 0.2) is 0 Å². The topological polar surface area (TPSA) is 24.4 Å². The first-order valence-electron chi connectivity index (χ1n) is 4.19. The van der Waals surface area contributed by atoms with E-state index in [0.29, 0.717) is 0 Å². The summed E-state index contributed by atoms with van der Waals surface area (Å²) in [4.78, 5) is 3.88. The van der Waals surface area contributed by atoms with Crippen LogP contribution in [0.2, 0.25) is 0 Å². The molecular formula is C11H14N2. The summed E-state index contributed by atoms with van der Waals surface area (Å²) < 4.78 is 0. The van der Waals surface area contributed by atoms with Gasteiger partial charge in [-0.05, 0) is 18.1 Å². The number of nitrogens with one attached hydrogen (secondary N) is 1. The van der Waals surface area contributed by atoms with Gasteiger partial charge in [-0.3, -0.25) is 4.99 Å². The third kappa shape index (κ3) is 2.18. The van der Waals surface area contributed by atoms with Crippen LogP contribution in [-0.4, -0.2) is 13.4 Å². The van der Waals surface area contributed by atoms with Crippen molar-refractivity contribution in [3.8, 4) is 0 Å². The summed E-state index contributed by atoms with van der Waals surface area (Å²) in [7, 11) is 1.73. The molecule has 0 amide bonds. The van der Waals surface area contributed by atoms with Crippen LogP contribution in [0.4, 0.5) is 5.69 Å². The molecule has 1 rings (SSSR count). The second-order valence-corrected chi connectivity index (χ2v) is 2.77. The van der Waals surface area contributed by atoms with Crippen molar-refractivity contribution in [2.45, 2.75) is 6.92 Å². The zero-order chi connectivity index (χ0) is 9.68. The number of benzene rings is 1. The van der Waals surface area contributed by atoms with Crippen molar-refractivity contribution in [3.63, 3.8) is 0 Å². The molecule has 0 atom stereocenters. The number of hydrogen-bond donors (Lipinski definition) is 1. The summed E-state index contributed by atoms with van der Waals surface area (Å²) in [6.07, 6.45) is 3.51. The van der Waals surface area contributed by atoms with Crippen LogP contribution in [0.3, 0.4) is 0 Å². The standard InChI is InChI=1S/C11H14N2/c1-4-10-7-5-6-9(2)11(10)13-8-12-3/h4-8H,1H2,2-3H3,(H,12,13). The highest BCUT2D eigenvalue weighted by Gasteiger charge is 1.99. The highest BCUT2D eigenvalue weighted by molar-refractivity contribution is 5.82. The van der Waals surface area contributed by atoms with Crippen LogP contribution in [0.25, 0.3) is 6.08 Å². The fourth-order valence-corrected chi connectivity index (χ4v) is 1.19. The molecule has 13 heavy (non-hydrogen) atoms. The highest BCUT2D eigenvalue weighted by Crippen LogP contribution is 2.20. The van der Waals surface area contributed by atoms with Gasteiger partial charge in [-0.25, -0.2) is 0 Å². The van der Waals surface area contributed by atoms with E-state index in [1.807, 2.05) is 18.2 Å². The monoisotopic (exact) mass is 174 g/mol. The van der Waals surface area contributed by atoms with E-state index in [9.17, 15) is 0 Å². The first-order valence-corrected chi connectivity index (χ1v) is 4.19. The van der Waals surface area contributed by atoms with Crippen molar-refractivity contribution in [2.75, 3.05) is 12.4 Å². The van der Waals surface area contributed by atoms with Gasteiger partial charge in [0.2, 0.25) is 0 Å². The van der Waals surface area contributed by atoms with Gasteiger partial charge in [-0.1, -0.05) is 30.9 Å². The molecule has 0 saturated carbocycles. The Labute approximate surface area is 79.0 Å². The van der Waals surface area contributed by atoms with E-state index < -0.39 is 0 Å². The van der Waals surface area contributed by atoms with Crippen LogP contribution in [0.1, 0.15) is 11.1 Å². The normalized spacial score (nSPS) is 10.3. The van der Waals surface area contributed by atoms with Gasteiger partial charge in [-0.15, -0.1) is 0 Å². The molecule has 0 saturated heterocycles. The summed E-state index contributed by atoms with van der Waals surface area (Å²) >= 11 is 0. The van der Waals surface area contributed by atoms with Gasteiger partial charge in [0.05, 0.1) is 6.34 Å². The number of para-hydroxylation sites is 1. The average Bonchev–Trinajstić information content (AvgIpc) is 2.15. The zero-order valence-electron chi connectivity index (χ0n) is 8.04. The van der Waals surface area contributed by atoms with E-state index in [1.54, 1.807) is 13.4 Å². The Morgan fingerprint density at radius 1 is 1.46 bits per heavy atom. The van der Waals surface area contributed by atoms with E-state index in [1.165, 1.54) is 5.56 Å². The van der Waals surface area contributed by atoms with E-state index in [4.69, 9.17) is 0 Å². The number of aryl methyl sites for hydroxylation is 1. The Morgan fingerprint density at radius 3 is 2.85 bits per heavy atom. The summed E-state index contributed by atoms with van der Waals surface area (Å²) in [5, 5.41) is 3.12. The first-order chi connectivity index (χ1) is 6.29. The lowest BCUT2D eigenvalue weighted by molar-refractivity contribution is 1.42. The van der Waals surface area contributed by atoms with Crippen molar-refractivity contribution >= 4 is 18.1 Å². The molecule has 0 aliphatic rings. The van der Waals surface area contributed by atoms with E-state index >= 15 is 0 Å². The minimum atomic E-state index is 1.07. The first kappa shape index (κ1) is 9.52. The summed E-state index contributed by atoms with van der Waals surface area (Å²) in [5.74, 6) is 0. The molecule has 1 aromatic carbocycles. The molecule has 0 heterocycles. The van der Waals surface area contributed by atoms with Gasteiger partial charge in [0.25, 0.3) is 0 Å². The van der Waals surface area contributed by atoms with E-state index in [-0.39, 0.29) is 0 Å². The molecule has 2 nitrogen and oxygen atoms in total. The largest absolute Gasteiger partial charge is 0.346 e. The quantitative estimate of drug-likeness (QED) is 0.553. The van der Waals surface area contributed by atoms with E-state index in [2.05, 4.69) is 29.9 Å². The molecule has 2 heteroatoms. The molecule has 0 aliphatic heterocycles. The lowest BCUT2D eigenvalue weighted by atomic mass is 10.1. The maximum absolute atomic E-state index is 3.88. The minimum Gasteiger partial charge on any atom is -0.346 e. The highest BCUT2D eigenvalue weighted by atomic mass is 14.9. The van der Waals surface area contributed by atoms with Crippen molar-refractivity contribution in [1.82, 2.24) is 0 Å². The zero-order valence-corrected chi connectivity index (χ0v) is 8.04. The Balaban J connectivity index is 3.07. The molecule has 68 valence electrons. The van der Waals surface area contributed by atoms with Crippen LogP contribution in [0.5, 0.6) is 0 Å². The van der Waals surface area contributed by atoms with Gasteiger partial charge in [0, 0.05) is 12.7 Å². The Bertz CT molecular complexity index is 327. The van der Waals surface area contributed by atoms with Crippen molar-refractivity contribution in [2.24, 2.45) is 4.99 Å². The Morgan fingerprint density at radius 2 is 2.23 bits per heavy atom. The maximum atomic E-state index is 3.88. The van der Waals surface area contributed by atoms with Gasteiger partial charge < -0.3 is 5.32 Å². The maximum Gasteiger partial charge on any atom is 0.0864 e. The number of anilines is 1. The second-order valence-electron chi connectivity index (χ2n) is 2.77. The third-order valence-corrected chi connectivity index (χ3v) is 1.86. The van der Waals surface area contributed by atoms with Gasteiger partial charge in [0.1, 0.15) is 0 Å². The summed E-state index contributed by atoms with van der Waals surface area (Å²) in [6.45, 7) is 5.81. The van der Waals surface area contributed by atoms with Crippen LogP contribution >= 0.6 is 0 Å². The molecule has 1 N–H and O–H groups in total. The predicted octanol–water partition coefficient (Wildman–Crippen LogP) is 2.71. The van der Waals surface area contributed by atoms with Crippen molar-refractivity contribution < 1.29 is 0 Å². The molecule has 0 aliphatic carbocycles. The van der Waals surface area contributed by atoms with Crippen molar-refractivity contribution in [3.05, 3.63) is 35.9 Å². The van der Waals surface area contributed by atoms with Crippen LogP contribution in [0, 0.1) is 6.92 Å². The van der Waals surface area contributed by atoms with Gasteiger partial charge >= 0.3 is 0 Å². The molecule has 0 radical (unpaired) electrons. The number of nitrogens with zero attached hydrogens (tertiary/aromatic N) is 1. The summed E-state index contributed by atoms with van der Waals surface area (Å²) in [6, 6.07) is 6.09. The van der Waals surface area contributed by atoms with Crippen LogP contribution in [0.15, 0.2) is 29.8 Å². The third-order valence-electron chi connectivity index (χ3n) is 1.86. The van der Waals surface area contributed by atoms with E-state index in [0.717, 1.165) is 11.3 Å². The second kappa shape index (κ2) is 4.45.